The summed E-state index contributed by atoms with van der Waals surface area (Å²) in [6, 6.07) is 10.5. The zero-order valence-electron chi connectivity index (χ0n) is 18.1. The number of hydrogen-bond donors (Lipinski definition) is 2. The molecule has 0 aliphatic carbocycles. The number of rotatable bonds is 9. The molecule has 1 heterocycles. The van der Waals surface area contributed by atoms with Gasteiger partial charge in [-0.2, -0.15) is 0 Å². The highest BCUT2D eigenvalue weighted by atomic mass is 35.5. The van der Waals surface area contributed by atoms with Crippen molar-refractivity contribution in [2.75, 3.05) is 11.1 Å². The summed E-state index contributed by atoms with van der Waals surface area (Å²) >= 11 is 7.29. The summed E-state index contributed by atoms with van der Waals surface area (Å²) in [6.45, 7) is 7.72. The molecule has 0 unspecified atom stereocenters. The van der Waals surface area contributed by atoms with Crippen LogP contribution in [0.25, 0.3) is 0 Å². The minimum Gasteiger partial charge on any atom is -0.342 e. The first-order valence-corrected chi connectivity index (χ1v) is 11.4. The second-order valence-electron chi connectivity index (χ2n) is 7.21. The third-order valence-electron chi connectivity index (χ3n) is 4.72. The summed E-state index contributed by atoms with van der Waals surface area (Å²) in [5.74, 6) is -0.499. The number of nitrogens with zero attached hydrogens (tertiary/aromatic N) is 3. The third-order valence-corrected chi connectivity index (χ3v) is 6.01. The number of anilines is 1. The van der Waals surface area contributed by atoms with Gasteiger partial charge in [-0.05, 0) is 43.7 Å². The lowest BCUT2D eigenvalue weighted by atomic mass is 10.2. The highest BCUT2D eigenvalue weighted by Gasteiger charge is 2.21. The largest absolute Gasteiger partial charge is 0.342 e. The Kier molecular flexibility index (Phi) is 8.24. The van der Waals surface area contributed by atoms with Crippen LogP contribution in [-0.2, 0) is 11.3 Å². The Morgan fingerprint density at radius 1 is 1.27 bits per heavy atom. The van der Waals surface area contributed by atoms with Gasteiger partial charge in [-0.15, -0.1) is 16.8 Å². The molecule has 3 aromatic rings. The first-order chi connectivity index (χ1) is 15.8. The van der Waals surface area contributed by atoms with E-state index in [1.54, 1.807) is 54.8 Å². The van der Waals surface area contributed by atoms with Gasteiger partial charge in [-0.3, -0.25) is 9.59 Å². The van der Waals surface area contributed by atoms with Gasteiger partial charge in [-0.25, -0.2) is 4.39 Å². The van der Waals surface area contributed by atoms with Crippen LogP contribution in [-0.4, -0.2) is 32.3 Å². The fourth-order valence-corrected chi connectivity index (χ4v) is 4.03. The quantitative estimate of drug-likeness (QED) is 0.335. The number of carbonyl (C=O) groups is 2. The molecule has 2 aromatic carbocycles. The minimum atomic E-state index is -0.473. The highest BCUT2D eigenvalue weighted by molar-refractivity contribution is 7.99. The lowest BCUT2D eigenvalue weighted by Gasteiger charge is -2.15. The number of aryl methyl sites for hydroxylation is 1. The number of benzene rings is 2. The summed E-state index contributed by atoms with van der Waals surface area (Å²) in [5, 5.41) is 14.8. The number of hydrogen-bond acceptors (Lipinski definition) is 5. The summed E-state index contributed by atoms with van der Waals surface area (Å²) in [5.41, 5.74) is 1.54. The van der Waals surface area contributed by atoms with E-state index < -0.39 is 11.9 Å². The van der Waals surface area contributed by atoms with Gasteiger partial charge in [0, 0.05) is 12.2 Å². The number of thioether (sulfide) groups is 1. The molecule has 10 heteroatoms. The lowest BCUT2D eigenvalue weighted by Crippen LogP contribution is -2.29. The fourth-order valence-electron chi connectivity index (χ4n) is 3.06. The number of amides is 2. The van der Waals surface area contributed by atoms with Crippen LogP contribution in [0.15, 0.2) is 60.3 Å². The molecule has 0 bridgehead atoms. The Morgan fingerprint density at radius 2 is 2.03 bits per heavy atom. The molecule has 0 aliphatic rings. The van der Waals surface area contributed by atoms with Crippen LogP contribution in [0, 0.1) is 12.7 Å². The Hall–Kier alpha value is -3.17. The van der Waals surface area contributed by atoms with Gasteiger partial charge in [0.2, 0.25) is 5.91 Å². The Bertz CT molecular complexity index is 1180. The van der Waals surface area contributed by atoms with Crippen LogP contribution in [0.1, 0.15) is 34.7 Å². The average Bonchev–Trinajstić information content (AvgIpc) is 3.18. The van der Waals surface area contributed by atoms with Crippen molar-refractivity contribution in [1.29, 1.82) is 0 Å². The van der Waals surface area contributed by atoms with Gasteiger partial charge in [0.25, 0.3) is 5.91 Å². The Labute approximate surface area is 200 Å². The third kappa shape index (κ3) is 6.21. The molecule has 2 amide bonds. The number of nitrogens with one attached hydrogen (secondary N) is 2. The van der Waals surface area contributed by atoms with Gasteiger partial charge < -0.3 is 15.2 Å². The molecule has 2 N–H and O–H groups in total. The molecule has 0 saturated carbocycles. The maximum atomic E-state index is 13.5. The molecule has 0 saturated heterocycles. The first kappa shape index (κ1) is 24.5. The van der Waals surface area contributed by atoms with Crippen molar-refractivity contribution in [2.24, 2.45) is 0 Å². The SMILES string of the molecule is C=CCn1c(SCC(=O)Nc2cc(F)ccc2C)nnc1[C@H](C)NC(=O)c1ccccc1Cl. The standard InChI is InChI=1S/C23H23ClFN5O2S/c1-4-11-30-21(15(3)26-22(32)17-7-5-6-8-18(17)24)28-29-23(30)33-13-20(31)27-19-12-16(25)10-9-14(19)2/h4-10,12,15H,1,11,13H2,2-3H3,(H,26,32)(H,27,31)/t15-/m0/s1. The van der Waals surface area contributed by atoms with E-state index in [0.717, 1.165) is 5.56 Å². The second kappa shape index (κ2) is 11.1. The molecule has 1 atom stereocenters. The zero-order valence-corrected chi connectivity index (χ0v) is 19.7. The van der Waals surface area contributed by atoms with E-state index in [9.17, 15) is 14.0 Å². The lowest BCUT2D eigenvalue weighted by molar-refractivity contribution is -0.113. The molecule has 1 aromatic heterocycles. The van der Waals surface area contributed by atoms with E-state index in [0.29, 0.717) is 33.8 Å². The summed E-state index contributed by atoms with van der Waals surface area (Å²) in [6.07, 6.45) is 1.68. The molecule has 0 radical (unpaired) electrons. The maximum absolute atomic E-state index is 13.5. The number of halogens is 2. The first-order valence-electron chi connectivity index (χ1n) is 10.1. The van der Waals surface area contributed by atoms with E-state index >= 15 is 0 Å². The monoisotopic (exact) mass is 487 g/mol. The molecule has 3 rings (SSSR count). The van der Waals surface area contributed by atoms with E-state index in [1.165, 1.54) is 23.9 Å². The van der Waals surface area contributed by atoms with Gasteiger partial charge in [0.1, 0.15) is 5.82 Å². The Balaban J connectivity index is 1.69. The molecular weight excluding hydrogens is 465 g/mol. The highest BCUT2D eigenvalue weighted by Crippen LogP contribution is 2.23. The van der Waals surface area contributed by atoms with Crippen LogP contribution >= 0.6 is 23.4 Å². The van der Waals surface area contributed by atoms with Crippen molar-refractivity contribution in [3.8, 4) is 0 Å². The molecule has 172 valence electrons. The maximum Gasteiger partial charge on any atom is 0.253 e. The van der Waals surface area contributed by atoms with Crippen LogP contribution < -0.4 is 10.6 Å². The predicted molar refractivity (Wildman–Crippen MR) is 128 cm³/mol. The van der Waals surface area contributed by atoms with E-state index in [-0.39, 0.29) is 17.6 Å². The smallest absolute Gasteiger partial charge is 0.253 e. The van der Waals surface area contributed by atoms with Crippen LogP contribution in [0.2, 0.25) is 5.02 Å². The van der Waals surface area contributed by atoms with Crippen molar-refractivity contribution in [3.63, 3.8) is 0 Å². The molecule has 33 heavy (non-hydrogen) atoms. The van der Waals surface area contributed by atoms with Crippen molar-refractivity contribution in [2.45, 2.75) is 31.6 Å². The number of carbonyl (C=O) groups excluding carboxylic acids is 2. The fraction of sp³-hybridized carbons (Fsp3) is 0.217. The average molecular weight is 488 g/mol. The van der Waals surface area contributed by atoms with Crippen molar-refractivity contribution >= 4 is 40.9 Å². The van der Waals surface area contributed by atoms with Crippen molar-refractivity contribution in [3.05, 3.63) is 82.9 Å². The van der Waals surface area contributed by atoms with Gasteiger partial charge in [-0.1, -0.05) is 47.6 Å². The zero-order chi connectivity index (χ0) is 24.0. The molecule has 0 fully saturated rings. The molecule has 0 aliphatic heterocycles. The summed E-state index contributed by atoms with van der Waals surface area (Å²) in [7, 11) is 0. The number of aromatic nitrogens is 3. The van der Waals surface area contributed by atoms with Crippen molar-refractivity contribution < 1.29 is 14.0 Å². The van der Waals surface area contributed by atoms with Crippen LogP contribution in [0.4, 0.5) is 10.1 Å². The molecule has 0 spiro atoms. The van der Waals surface area contributed by atoms with E-state index in [1.807, 2.05) is 0 Å². The van der Waals surface area contributed by atoms with Crippen LogP contribution in [0.3, 0.4) is 0 Å². The topological polar surface area (TPSA) is 88.9 Å². The molecular formula is C23H23ClFN5O2S. The van der Waals surface area contributed by atoms with Crippen LogP contribution in [0.5, 0.6) is 0 Å². The van der Waals surface area contributed by atoms with E-state index in [2.05, 4.69) is 27.4 Å². The van der Waals surface area contributed by atoms with Gasteiger partial charge in [0.05, 0.1) is 22.4 Å². The van der Waals surface area contributed by atoms with E-state index in [4.69, 9.17) is 11.6 Å². The molecule has 7 nitrogen and oxygen atoms in total. The van der Waals surface area contributed by atoms with Gasteiger partial charge in [0.15, 0.2) is 11.0 Å². The number of allylic oxidation sites excluding steroid dienone is 1. The van der Waals surface area contributed by atoms with Gasteiger partial charge >= 0.3 is 0 Å². The van der Waals surface area contributed by atoms with Crippen molar-refractivity contribution in [1.82, 2.24) is 20.1 Å². The summed E-state index contributed by atoms with van der Waals surface area (Å²) < 4.78 is 15.2. The Morgan fingerprint density at radius 3 is 2.76 bits per heavy atom. The normalized spacial score (nSPS) is 11.6. The minimum absolute atomic E-state index is 0.0472. The predicted octanol–water partition coefficient (Wildman–Crippen LogP) is 4.79. The second-order valence-corrected chi connectivity index (χ2v) is 8.56. The summed E-state index contributed by atoms with van der Waals surface area (Å²) in [4.78, 5) is 25.0.